The average Bonchev–Trinajstić information content (AvgIpc) is 3.02. The van der Waals surface area contributed by atoms with Crippen molar-refractivity contribution in [2.45, 2.75) is 0 Å². The minimum atomic E-state index is -0.597. The van der Waals surface area contributed by atoms with Crippen molar-refractivity contribution in [3.05, 3.63) is 29.6 Å². The second-order valence-electron chi connectivity index (χ2n) is 4.41. The van der Waals surface area contributed by atoms with Gasteiger partial charge in [-0.15, -0.1) is 11.3 Å². The fourth-order valence-electron chi connectivity index (χ4n) is 1.69. The second kappa shape index (κ2) is 8.25. The summed E-state index contributed by atoms with van der Waals surface area (Å²) in [6, 6.07) is 7.43. The fraction of sp³-hybridized carbons (Fsp3) is 0.267. The van der Waals surface area contributed by atoms with Gasteiger partial charge in [0.05, 0.1) is 12.8 Å². The van der Waals surface area contributed by atoms with Crippen LogP contribution in [0.4, 0.5) is 5.13 Å². The van der Waals surface area contributed by atoms with Gasteiger partial charge in [0, 0.05) is 18.1 Å². The standard InChI is InChI=1S/C15H16N2O5S/c1-20-8-14(19)22-7-13(18)17-15-16-12(9-23-15)10-3-5-11(21-2)6-4-10/h3-6,9H,7-8H2,1-2H3,(H,16,17,18). The van der Waals surface area contributed by atoms with Crippen LogP contribution in [-0.2, 0) is 19.1 Å². The van der Waals surface area contributed by atoms with E-state index in [0.29, 0.717) is 5.13 Å². The Morgan fingerprint density at radius 3 is 2.57 bits per heavy atom. The third kappa shape index (κ3) is 5.04. The van der Waals surface area contributed by atoms with E-state index in [9.17, 15) is 9.59 Å². The summed E-state index contributed by atoms with van der Waals surface area (Å²) in [5.41, 5.74) is 1.65. The monoisotopic (exact) mass is 336 g/mol. The molecule has 8 heteroatoms. The average molecular weight is 336 g/mol. The van der Waals surface area contributed by atoms with Gasteiger partial charge in [0.25, 0.3) is 5.91 Å². The predicted octanol–water partition coefficient (Wildman–Crippen LogP) is 1.95. The zero-order valence-electron chi connectivity index (χ0n) is 12.7. The molecule has 23 heavy (non-hydrogen) atoms. The van der Waals surface area contributed by atoms with E-state index < -0.39 is 11.9 Å². The lowest BCUT2D eigenvalue weighted by Crippen LogP contribution is -2.22. The van der Waals surface area contributed by atoms with Gasteiger partial charge in [0.15, 0.2) is 11.7 Å². The van der Waals surface area contributed by atoms with E-state index in [1.54, 1.807) is 7.11 Å². The summed E-state index contributed by atoms with van der Waals surface area (Å²) in [6.45, 7) is -0.564. The highest BCUT2D eigenvalue weighted by atomic mass is 32.1. The lowest BCUT2D eigenvalue weighted by molar-refractivity contribution is -0.150. The molecule has 0 aliphatic rings. The molecule has 0 saturated carbocycles. The number of methoxy groups -OCH3 is 2. The molecule has 1 heterocycles. The quantitative estimate of drug-likeness (QED) is 0.778. The minimum Gasteiger partial charge on any atom is -0.497 e. The molecule has 0 radical (unpaired) electrons. The number of carbonyl (C=O) groups excluding carboxylic acids is 2. The van der Waals surface area contributed by atoms with Gasteiger partial charge in [-0.3, -0.25) is 10.1 Å². The van der Waals surface area contributed by atoms with Crippen molar-refractivity contribution >= 4 is 28.3 Å². The molecule has 7 nitrogen and oxygen atoms in total. The zero-order valence-corrected chi connectivity index (χ0v) is 13.5. The summed E-state index contributed by atoms with van der Waals surface area (Å²) in [5.74, 6) is -0.291. The van der Waals surface area contributed by atoms with Gasteiger partial charge in [0.1, 0.15) is 12.4 Å². The van der Waals surface area contributed by atoms with Gasteiger partial charge >= 0.3 is 5.97 Å². The third-order valence-electron chi connectivity index (χ3n) is 2.76. The van der Waals surface area contributed by atoms with Crippen LogP contribution in [0.5, 0.6) is 5.75 Å². The minimum absolute atomic E-state index is 0.188. The van der Waals surface area contributed by atoms with E-state index in [1.807, 2.05) is 29.6 Å². The normalized spacial score (nSPS) is 10.2. The second-order valence-corrected chi connectivity index (χ2v) is 5.27. The maximum absolute atomic E-state index is 11.7. The number of ether oxygens (including phenoxy) is 3. The summed E-state index contributed by atoms with van der Waals surface area (Å²) in [4.78, 5) is 27.1. The predicted molar refractivity (Wildman–Crippen MR) is 85.6 cm³/mol. The molecule has 2 rings (SSSR count). The molecule has 0 fully saturated rings. The molecular formula is C15H16N2O5S. The number of amides is 1. The molecule has 0 atom stereocenters. The van der Waals surface area contributed by atoms with Crippen molar-refractivity contribution < 1.29 is 23.8 Å². The van der Waals surface area contributed by atoms with Crippen molar-refractivity contribution in [3.63, 3.8) is 0 Å². The molecule has 0 aliphatic heterocycles. The Morgan fingerprint density at radius 2 is 1.91 bits per heavy atom. The van der Waals surface area contributed by atoms with Crippen LogP contribution in [0.3, 0.4) is 0 Å². The summed E-state index contributed by atoms with van der Waals surface area (Å²) < 4.78 is 14.4. The Balaban J connectivity index is 1.91. The highest BCUT2D eigenvalue weighted by Gasteiger charge is 2.10. The van der Waals surface area contributed by atoms with Crippen molar-refractivity contribution in [1.82, 2.24) is 4.98 Å². The zero-order chi connectivity index (χ0) is 16.7. The van der Waals surface area contributed by atoms with E-state index in [0.717, 1.165) is 17.0 Å². The number of aromatic nitrogens is 1. The van der Waals surface area contributed by atoms with Crippen LogP contribution in [0.15, 0.2) is 29.6 Å². The van der Waals surface area contributed by atoms with E-state index in [-0.39, 0.29) is 13.2 Å². The molecule has 2 aromatic rings. The highest BCUT2D eigenvalue weighted by molar-refractivity contribution is 7.14. The van der Waals surface area contributed by atoms with Crippen LogP contribution in [0, 0.1) is 0 Å². The molecule has 0 aliphatic carbocycles. The molecule has 0 spiro atoms. The first-order valence-electron chi connectivity index (χ1n) is 6.66. The van der Waals surface area contributed by atoms with Crippen LogP contribution in [-0.4, -0.2) is 44.3 Å². The molecule has 1 aromatic heterocycles. The number of thiazole rings is 1. The topological polar surface area (TPSA) is 86.8 Å². The number of esters is 1. The number of nitrogens with zero attached hydrogens (tertiary/aromatic N) is 1. The highest BCUT2D eigenvalue weighted by Crippen LogP contribution is 2.26. The number of hydrogen-bond donors (Lipinski definition) is 1. The summed E-state index contributed by atoms with van der Waals surface area (Å²) >= 11 is 1.29. The molecule has 1 N–H and O–H groups in total. The van der Waals surface area contributed by atoms with Crippen LogP contribution >= 0.6 is 11.3 Å². The first-order valence-corrected chi connectivity index (χ1v) is 7.54. The summed E-state index contributed by atoms with van der Waals surface area (Å²) in [7, 11) is 2.97. The van der Waals surface area contributed by atoms with Crippen LogP contribution < -0.4 is 10.1 Å². The molecule has 1 amide bonds. The van der Waals surface area contributed by atoms with Crippen LogP contribution in [0.1, 0.15) is 0 Å². The first kappa shape index (κ1) is 16.9. The van der Waals surface area contributed by atoms with Gasteiger partial charge in [-0.2, -0.15) is 0 Å². The van der Waals surface area contributed by atoms with Crippen molar-refractivity contribution in [2.24, 2.45) is 0 Å². The smallest absolute Gasteiger partial charge is 0.332 e. The Bertz CT molecular complexity index is 669. The number of anilines is 1. The molecule has 122 valence electrons. The van der Waals surface area contributed by atoms with Gasteiger partial charge < -0.3 is 14.2 Å². The van der Waals surface area contributed by atoms with Crippen molar-refractivity contribution in [2.75, 3.05) is 32.8 Å². The Labute approximate surface area is 137 Å². The summed E-state index contributed by atoms with van der Waals surface area (Å²) in [5, 5.41) is 4.84. The number of nitrogens with one attached hydrogen (secondary N) is 1. The van der Waals surface area contributed by atoms with Gasteiger partial charge in [-0.25, -0.2) is 9.78 Å². The van der Waals surface area contributed by atoms with Crippen molar-refractivity contribution in [1.29, 1.82) is 0 Å². The Morgan fingerprint density at radius 1 is 1.17 bits per heavy atom. The van der Waals surface area contributed by atoms with Crippen LogP contribution in [0.2, 0.25) is 0 Å². The van der Waals surface area contributed by atoms with E-state index in [1.165, 1.54) is 18.4 Å². The molecule has 1 aromatic carbocycles. The van der Waals surface area contributed by atoms with Gasteiger partial charge in [-0.1, -0.05) is 0 Å². The largest absolute Gasteiger partial charge is 0.497 e. The third-order valence-corrected chi connectivity index (χ3v) is 3.52. The fourth-order valence-corrected chi connectivity index (χ4v) is 2.42. The lowest BCUT2D eigenvalue weighted by atomic mass is 10.2. The van der Waals surface area contributed by atoms with Gasteiger partial charge in [0.2, 0.25) is 0 Å². The van der Waals surface area contributed by atoms with E-state index >= 15 is 0 Å². The SMILES string of the molecule is COCC(=O)OCC(=O)Nc1nc(-c2ccc(OC)cc2)cs1. The lowest BCUT2D eigenvalue weighted by Gasteiger charge is -2.03. The van der Waals surface area contributed by atoms with Gasteiger partial charge in [-0.05, 0) is 24.3 Å². The number of benzene rings is 1. The maximum atomic E-state index is 11.7. The molecular weight excluding hydrogens is 320 g/mol. The Kier molecular flexibility index (Phi) is 6.07. The maximum Gasteiger partial charge on any atom is 0.332 e. The number of rotatable bonds is 7. The molecule has 0 saturated heterocycles. The van der Waals surface area contributed by atoms with Crippen LogP contribution in [0.25, 0.3) is 11.3 Å². The first-order chi connectivity index (χ1) is 11.1. The molecule has 0 bridgehead atoms. The molecule has 0 unspecified atom stereocenters. The number of hydrogen-bond acceptors (Lipinski definition) is 7. The summed E-state index contributed by atoms with van der Waals surface area (Å²) in [6.07, 6.45) is 0. The van der Waals surface area contributed by atoms with Crippen molar-refractivity contribution in [3.8, 4) is 17.0 Å². The van der Waals surface area contributed by atoms with E-state index in [2.05, 4.69) is 15.0 Å². The Hall–Kier alpha value is -2.45. The number of carbonyl (C=O) groups is 2. The van der Waals surface area contributed by atoms with E-state index in [4.69, 9.17) is 9.47 Å².